The van der Waals surface area contributed by atoms with E-state index in [0.717, 1.165) is 16.5 Å². The molecule has 0 aliphatic carbocycles. The van der Waals surface area contributed by atoms with Gasteiger partial charge < -0.3 is 10.3 Å². The molecule has 3 heteroatoms. The molecule has 0 unspecified atom stereocenters. The molecule has 23 heavy (non-hydrogen) atoms. The van der Waals surface area contributed by atoms with E-state index < -0.39 is 0 Å². The third-order valence-corrected chi connectivity index (χ3v) is 4.52. The first-order valence-corrected chi connectivity index (χ1v) is 8.04. The molecule has 118 valence electrons. The van der Waals surface area contributed by atoms with E-state index in [4.69, 9.17) is 0 Å². The van der Waals surface area contributed by atoms with Crippen molar-refractivity contribution in [3.8, 4) is 0 Å². The molecule has 1 heterocycles. The maximum absolute atomic E-state index is 12.2. The number of rotatable bonds is 5. The smallest absolute Gasteiger partial charge is 0.252 e. The molecule has 0 saturated carbocycles. The summed E-state index contributed by atoms with van der Waals surface area (Å²) in [4.78, 5) is 15.1. The molecular formula is C20H22N2O. The summed E-state index contributed by atoms with van der Waals surface area (Å²) in [6.45, 7) is 4.93. The maximum Gasteiger partial charge on any atom is 0.252 e. The minimum Gasteiger partial charge on any atom is -0.322 e. The van der Waals surface area contributed by atoms with Crippen molar-refractivity contribution < 1.29 is 0 Å². The number of fused-ring (bicyclic) bond motifs is 1. The Balaban J connectivity index is 1.73. The summed E-state index contributed by atoms with van der Waals surface area (Å²) in [6.07, 6.45) is 0. The van der Waals surface area contributed by atoms with Crippen LogP contribution in [0.2, 0.25) is 0 Å². The normalized spacial score (nSPS) is 13.8. The molecule has 0 bridgehead atoms. The average Bonchev–Trinajstić information content (AvgIpc) is 2.59. The van der Waals surface area contributed by atoms with E-state index in [2.05, 4.69) is 48.4 Å². The van der Waals surface area contributed by atoms with Crippen molar-refractivity contribution in [1.29, 1.82) is 0 Å². The van der Waals surface area contributed by atoms with Crippen molar-refractivity contribution in [2.45, 2.75) is 32.4 Å². The van der Waals surface area contributed by atoms with Crippen LogP contribution >= 0.6 is 0 Å². The van der Waals surface area contributed by atoms with Crippen LogP contribution in [0.1, 0.15) is 30.9 Å². The molecule has 3 aromatic rings. The van der Waals surface area contributed by atoms with Crippen LogP contribution in [0, 0.1) is 0 Å². The Kier molecular flexibility index (Phi) is 4.58. The number of benzene rings is 2. The van der Waals surface area contributed by atoms with Gasteiger partial charge >= 0.3 is 0 Å². The van der Waals surface area contributed by atoms with Gasteiger partial charge in [-0.2, -0.15) is 0 Å². The summed E-state index contributed by atoms with van der Waals surface area (Å²) in [5.41, 5.74) is 2.94. The number of aromatic amines is 1. The van der Waals surface area contributed by atoms with Crippen LogP contribution in [0.4, 0.5) is 0 Å². The van der Waals surface area contributed by atoms with Gasteiger partial charge in [0.1, 0.15) is 0 Å². The van der Waals surface area contributed by atoms with Crippen LogP contribution in [-0.2, 0) is 6.54 Å². The van der Waals surface area contributed by atoms with Crippen LogP contribution in [0.3, 0.4) is 0 Å². The Morgan fingerprint density at radius 3 is 2.48 bits per heavy atom. The molecule has 0 fully saturated rings. The van der Waals surface area contributed by atoms with Gasteiger partial charge in [0.15, 0.2) is 0 Å². The molecule has 2 atom stereocenters. The summed E-state index contributed by atoms with van der Waals surface area (Å²) in [5.74, 6) is 0.385. The first kappa shape index (κ1) is 15.5. The first-order chi connectivity index (χ1) is 11.1. The summed E-state index contributed by atoms with van der Waals surface area (Å²) in [5, 5.41) is 4.55. The van der Waals surface area contributed by atoms with E-state index in [1.807, 2.05) is 36.4 Å². The fourth-order valence-electron chi connectivity index (χ4n) is 2.82. The molecule has 3 nitrogen and oxygen atoms in total. The van der Waals surface area contributed by atoms with Gasteiger partial charge in [-0.1, -0.05) is 55.5 Å². The van der Waals surface area contributed by atoms with Crippen molar-refractivity contribution in [2.75, 3.05) is 0 Å². The number of nitrogens with one attached hydrogen (secondary N) is 2. The number of hydrogen-bond donors (Lipinski definition) is 2. The number of aromatic nitrogens is 1. The molecule has 3 rings (SSSR count). The average molecular weight is 306 g/mol. The minimum absolute atomic E-state index is 0.0178. The fraction of sp³-hybridized carbons (Fsp3) is 0.250. The Bertz CT molecular complexity index is 839. The highest BCUT2D eigenvalue weighted by atomic mass is 16.1. The van der Waals surface area contributed by atoms with E-state index in [9.17, 15) is 4.79 Å². The third-order valence-electron chi connectivity index (χ3n) is 4.52. The molecule has 0 aliphatic rings. The highest BCUT2D eigenvalue weighted by molar-refractivity contribution is 5.78. The number of para-hydroxylation sites is 1. The van der Waals surface area contributed by atoms with Crippen molar-refractivity contribution >= 4 is 10.9 Å². The summed E-state index contributed by atoms with van der Waals surface area (Å²) >= 11 is 0. The predicted molar refractivity (Wildman–Crippen MR) is 95.7 cm³/mol. The molecule has 0 saturated heterocycles. The largest absolute Gasteiger partial charge is 0.322 e. The second kappa shape index (κ2) is 6.80. The molecule has 0 spiro atoms. The zero-order valence-corrected chi connectivity index (χ0v) is 13.5. The SMILES string of the molecule is C[C@H](NCc1cc2ccccc2[nH]c1=O)[C@H](C)c1ccccc1. The lowest BCUT2D eigenvalue weighted by Gasteiger charge is -2.21. The Labute approximate surface area is 136 Å². The van der Waals surface area contributed by atoms with E-state index in [-0.39, 0.29) is 11.6 Å². The highest BCUT2D eigenvalue weighted by Crippen LogP contribution is 2.19. The molecule has 1 aromatic heterocycles. The van der Waals surface area contributed by atoms with Crippen LogP contribution in [-0.4, -0.2) is 11.0 Å². The second-order valence-electron chi connectivity index (χ2n) is 6.08. The summed E-state index contributed by atoms with van der Waals surface area (Å²) in [7, 11) is 0. The zero-order chi connectivity index (χ0) is 16.2. The molecule has 2 N–H and O–H groups in total. The van der Waals surface area contributed by atoms with Gasteiger partial charge in [0.05, 0.1) is 0 Å². The van der Waals surface area contributed by atoms with Crippen LogP contribution in [0.5, 0.6) is 0 Å². The van der Waals surface area contributed by atoms with Gasteiger partial charge in [-0.25, -0.2) is 0 Å². The lowest BCUT2D eigenvalue weighted by molar-refractivity contribution is 0.479. The zero-order valence-electron chi connectivity index (χ0n) is 13.5. The van der Waals surface area contributed by atoms with Crippen LogP contribution in [0.15, 0.2) is 65.5 Å². The predicted octanol–water partition coefficient (Wildman–Crippen LogP) is 3.81. The van der Waals surface area contributed by atoms with E-state index in [1.165, 1.54) is 5.56 Å². The lowest BCUT2D eigenvalue weighted by atomic mass is 9.94. The van der Waals surface area contributed by atoms with E-state index in [1.54, 1.807) is 0 Å². The molecular weight excluding hydrogens is 284 g/mol. The molecule has 2 aromatic carbocycles. The monoisotopic (exact) mass is 306 g/mol. The van der Waals surface area contributed by atoms with Crippen LogP contribution < -0.4 is 10.9 Å². The standard InChI is InChI=1S/C20H22N2O/c1-14(16-8-4-3-5-9-16)15(2)21-13-18-12-17-10-6-7-11-19(17)22-20(18)23/h3-12,14-15,21H,13H2,1-2H3,(H,22,23)/t14-,15-/m0/s1. The summed E-state index contributed by atoms with van der Waals surface area (Å²) in [6, 6.07) is 20.6. The molecule has 0 amide bonds. The van der Waals surface area contributed by atoms with E-state index in [0.29, 0.717) is 12.5 Å². The van der Waals surface area contributed by atoms with Gasteiger partial charge in [0, 0.05) is 23.7 Å². The van der Waals surface area contributed by atoms with E-state index >= 15 is 0 Å². The number of pyridine rings is 1. The third kappa shape index (κ3) is 3.51. The minimum atomic E-state index is -0.0178. The molecule has 0 radical (unpaired) electrons. The summed E-state index contributed by atoms with van der Waals surface area (Å²) < 4.78 is 0. The number of H-pyrrole nitrogens is 1. The van der Waals surface area contributed by atoms with Crippen molar-refractivity contribution in [3.05, 3.63) is 82.1 Å². The van der Waals surface area contributed by atoms with Gasteiger partial charge in [0.2, 0.25) is 0 Å². The van der Waals surface area contributed by atoms with Gasteiger partial charge in [0.25, 0.3) is 5.56 Å². The Morgan fingerprint density at radius 1 is 1.00 bits per heavy atom. The fourth-order valence-corrected chi connectivity index (χ4v) is 2.82. The topological polar surface area (TPSA) is 44.9 Å². The Hall–Kier alpha value is -2.39. The second-order valence-corrected chi connectivity index (χ2v) is 6.08. The number of hydrogen-bond acceptors (Lipinski definition) is 2. The maximum atomic E-state index is 12.2. The van der Waals surface area contributed by atoms with Crippen molar-refractivity contribution in [3.63, 3.8) is 0 Å². The van der Waals surface area contributed by atoms with Crippen LogP contribution in [0.25, 0.3) is 10.9 Å². The van der Waals surface area contributed by atoms with Gasteiger partial charge in [-0.15, -0.1) is 0 Å². The Morgan fingerprint density at radius 2 is 1.70 bits per heavy atom. The molecule has 0 aliphatic heterocycles. The van der Waals surface area contributed by atoms with Crippen molar-refractivity contribution in [2.24, 2.45) is 0 Å². The quantitative estimate of drug-likeness (QED) is 0.753. The highest BCUT2D eigenvalue weighted by Gasteiger charge is 2.14. The first-order valence-electron chi connectivity index (χ1n) is 8.04. The van der Waals surface area contributed by atoms with Crippen molar-refractivity contribution in [1.82, 2.24) is 10.3 Å². The van der Waals surface area contributed by atoms with Gasteiger partial charge in [-0.05, 0) is 35.9 Å². The lowest BCUT2D eigenvalue weighted by Crippen LogP contribution is -2.32. The van der Waals surface area contributed by atoms with Gasteiger partial charge in [-0.3, -0.25) is 4.79 Å².